The molecule has 2 unspecified atom stereocenters. The van der Waals surface area contributed by atoms with Crippen molar-refractivity contribution in [1.29, 1.82) is 0 Å². The van der Waals surface area contributed by atoms with E-state index in [0.29, 0.717) is 12.8 Å². The summed E-state index contributed by atoms with van der Waals surface area (Å²) >= 11 is 0. The lowest BCUT2D eigenvalue weighted by atomic mass is 10.1. The van der Waals surface area contributed by atoms with Crippen LogP contribution in [0.2, 0.25) is 0 Å². The molecule has 0 aromatic heterocycles. The van der Waals surface area contributed by atoms with Gasteiger partial charge in [0.2, 0.25) is 11.8 Å². The zero-order chi connectivity index (χ0) is 44.7. The van der Waals surface area contributed by atoms with Gasteiger partial charge in [0.05, 0.1) is 13.2 Å². The minimum absolute atomic E-state index is 0.121. The predicted molar refractivity (Wildman–Crippen MR) is 254 cm³/mol. The molecule has 0 saturated heterocycles. The number of aliphatic hydroxyl groups excluding tert-OH is 1. The van der Waals surface area contributed by atoms with Crippen molar-refractivity contribution in [3.8, 4) is 0 Å². The summed E-state index contributed by atoms with van der Waals surface area (Å²) in [6.45, 7) is 3.33. The highest BCUT2D eigenvalue weighted by Gasteiger charge is 2.18. The molecule has 0 spiro atoms. The molecular formula is C52H84N2O7. The van der Waals surface area contributed by atoms with Gasteiger partial charge in [0.25, 0.3) is 0 Å². The van der Waals surface area contributed by atoms with Gasteiger partial charge in [-0.3, -0.25) is 14.4 Å². The molecule has 0 aromatic carbocycles. The number of aliphatic hydroxyl groups is 1. The molecule has 0 heterocycles. The third-order valence-electron chi connectivity index (χ3n) is 9.80. The van der Waals surface area contributed by atoms with Crippen molar-refractivity contribution in [2.24, 2.45) is 0 Å². The molecule has 4 N–H and O–H groups in total. The molecule has 0 aliphatic rings. The van der Waals surface area contributed by atoms with Crippen LogP contribution in [-0.2, 0) is 23.9 Å². The molecule has 9 heteroatoms. The molecule has 0 saturated carbocycles. The van der Waals surface area contributed by atoms with Gasteiger partial charge in [-0.1, -0.05) is 163 Å². The average molecular weight is 849 g/mol. The van der Waals surface area contributed by atoms with E-state index >= 15 is 0 Å². The maximum absolute atomic E-state index is 12.8. The zero-order valence-electron chi connectivity index (χ0n) is 38.1. The van der Waals surface area contributed by atoms with E-state index in [4.69, 9.17) is 14.9 Å². The SMILES string of the molecule is CC/C=C\C/C=C\C/C=C\C/C=C\C/C=C\C/C=C\CCCCCCC(=O)OC(/C=C\C/C=C\CCCCCC)CCCCCCCCC(=O)NCC(=O)NC(CO)C(=O)O. The van der Waals surface area contributed by atoms with Gasteiger partial charge in [-0.15, -0.1) is 0 Å². The molecule has 0 aromatic rings. The number of carbonyl (C=O) groups is 4. The van der Waals surface area contributed by atoms with Gasteiger partial charge in [-0.25, -0.2) is 4.79 Å². The number of amides is 2. The van der Waals surface area contributed by atoms with Crippen LogP contribution in [-0.4, -0.2) is 59.3 Å². The Labute approximate surface area is 370 Å². The van der Waals surface area contributed by atoms with Gasteiger partial charge in [0, 0.05) is 12.8 Å². The van der Waals surface area contributed by atoms with Crippen molar-refractivity contribution < 1.29 is 34.1 Å². The van der Waals surface area contributed by atoms with Crippen molar-refractivity contribution in [2.45, 2.75) is 193 Å². The lowest BCUT2D eigenvalue weighted by Gasteiger charge is -2.14. The number of rotatable bonds is 41. The molecule has 0 bridgehead atoms. The molecule has 0 fully saturated rings. The van der Waals surface area contributed by atoms with E-state index in [-0.39, 0.29) is 30.9 Å². The molecule has 0 aliphatic heterocycles. The second-order valence-corrected chi connectivity index (χ2v) is 15.5. The van der Waals surface area contributed by atoms with Crippen LogP contribution in [0.1, 0.15) is 181 Å². The lowest BCUT2D eigenvalue weighted by Crippen LogP contribution is -2.47. The maximum Gasteiger partial charge on any atom is 0.328 e. The number of carbonyl (C=O) groups excluding carboxylic acids is 3. The number of hydrogen-bond donors (Lipinski definition) is 4. The van der Waals surface area contributed by atoms with E-state index in [0.717, 1.165) is 122 Å². The van der Waals surface area contributed by atoms with Crippen LogP contribution in [0, 0.1) is 0 Å². The second-order valence-electron chi connectivity index (χ2n) is 15.5. The number of carboxylic acids is 1. The normalized spacial score (nSPS) is 13.4. The van der Waals surface area contributed by atoms with Crippen LogP contribution in [0.25, 0.3) is 0 Å². The molecule has 9 nitrogen and oxygen atoms in total. The van der Waals surface area contributed by atoms with E-state index in [1.165, 1.54) is 25.7 Å². The van der Waals surface area contributed by atoms with Crippen LogP contribution in [0.4, 0.5) is 0 Å². The quantitative estimate of drug-likeness (QED) is 0.0273. The number of carboxylic acid groups (broad SMARTS) is 1. The van der Waals surface area contributed by atoms with Gasteiger partial charge in [0.15, 0.2) is 0 Å². The average Bonchev–Trinajstić information content (AvgIpc) is 3.25. The summed E-state index contributed by atoms with van der Waals surface area (Å²) < 4.78 is 5.93. The van der Waals surface area contributed by atoms with Gasteiger partial charge in [0.1, 0.15) is 12.1 Å². The first kappa shape index (κ1) is 56.8. The molecule has 2 atom stereocenters. The fourth-order valence-corrected chi connectivity index (χ4v) is 6.20. The molecule has 0 rings (SSSR count). The van der Waals surface area contributed by atoms with Crippen LogP contribution in [0.5, 0.6) is 0 Å². The Kier molecular flexibility index (Phi) is 42.1. The number of nitrogens with one attached hydrogen (secondary N) is 2. The first-order valence-electron chi connectivity index (χ1n) is 23.6. The van der Waals surface area contributed by atoms with Crippen molar-refractivity contribution >= 4 is 23.8 Å². The summed E-state index contributed by atoms with van der Waals surface area (Å²) in [6, 6.07) is -1.39. The number of allylic oxidation sites excluding steroid dienone is 15. The van der Waals surface area contributed by atoms with Crippen molar-refractivity contribution in [3.63, 3.8) is 0 Å². The Morgan fingerprint density at radius 1 is 0.525 bits per heavy atom. The third-order valence-corrected chi connectivity index (χ3v) is 9.80. The summed E-state index contributed by atoms with van der Waals surface area (Å²) in [7, 11) is 0. The lowest BCUT2D eigenvalue weighted by molar-refractivity contribution is -0.147. The van der Waals surface area contributed by atoms with Crippen molar-refractivity contribution in [3.05, 3.63) is 97.2 Å². The summed E-state index contributed by atoms with van der Waals surface area (Å²) in [5.74, 6) is -2.39. The summed E-state index contributed by atoms with van der Waals surface area (Å²) in [5, 5.41) is 22.5. The largest absolute Gasteiger partial charge is 0.480 e. The van der Waals surface area contributed by atoms with E-state index in [1.807, 2.05) is 0 Å². The van der Waals surface area contributed by atoms with E-state index in [9.17, 15) is 19.2 Å². The highest BCUT2D eigenvalue weighted by atomic mass is 16.5. The number of ether oxygens (including phenoxy) is 1. The van der Waals surface area contributed by atoms with E-state index in [1.54, 1.807) is 0 Å². The van der Waals surface area contributed by atoms with Gasteiger partial charge < -0.3 is 25.6 Å². The molecule has 61 heavy (non-hydrogen) atoms. The number of unbranched alkanes of at least 4 members (excludes halogenated alkanes) is 13. The summed E-state index contributed by atoms with van der Waals surface area (Å²) in [4.78, 5) is 47.5. The highest BCUT2D eigenvalue weighted by Crippen LogP contribution is 2.15. The van der Waals surface area contributed by atoms with Gasteiger partial charge in [-0.05, 0) is 102 Å². The van der Waals surface area contributed by atoms with Crippen molar-refractivity contribution in [1.82, 2.24) is 10.6 Å². The topological polar surface area (TPSA) is 142 Å². The number of esters is 1. The maximum atomic E-state index is 12.8. The first-order chi connectivity index (χ1) is 29.8. The fourth-order valence-electron chi connectivity index (χ4n) is 6.20. The predicted octanol–water partition coefficient (Wildman–Crippen LogP) is 12.2. The Hall–Kier alpha value is -4.24. The Bertz CT molecular complexity index is 1340. The van der Waals surface area contributed by atoms with Crippen LogP contribution in [0.3, 0.4) is 0 Å². The Morgan fingerprint density at radius 2 is 0.984 bits per heavy atom. The molecule has 2 amide bonds. The number of aliphatic carboxylic acids is 1. The standard InChI is InChI=1S/C52H84N2O7/c1-3-5-7-9-11-13-14-15-16-17-18-19-20-21-22-23-24-25-26-28-30-36-40-44-51(58)61-47(41-37-33-29-27-12-10-8-6-4-2)42-38-34-31-32-35-39-43-49(56)53-45-50(57)54-48(46-55)52(59)60/h5,7,11,13,15-16,18-19,21-22,24-25,27,29,37,41,47-48,55H,3-4,6,8-10,12,14,17,20,23,26,28,30-36,38-40,42-46H2,1-2H3,(H,53,56)(H,54,57)(H,59,60)/b7-5-,13-11-,16-15-,19-18-,22-21-,25-24-,29-27-,41-37-. The summed E-state index contributed by atoms with van der Waals surface area (Å²) in [6.07, 6.45) is 60.3. The highest BCUT2D eigenvalue weighted by molar-refractivity contribution is 5.87. The Morgan fingerprint density at radius 3 is 1.51 bits per heavy atom. The summed E-state index contributed by atoms with van der Waals surface area (Å²) in [5.41, 5.74) is 0. The fraction of sp³-hybridized carbons (Fsp3) is 0.615. The monoisotopic (exact) mass is 849 g/mol. The molecule has 0 aliphatic carbocycles. The van der Waals surface area contributed by atoms with Crippen LogP contribution < -0.4 is 10.6 Å². The smallest absolute Gasteiger partial charge is 0.328 e. The van der Waals surface area contributed by atoms with Gasteiger partial charge >= 0.3 is 11.9 Å². The minimum Gasteiger partial charge on any atom is -0.480 e. The van der Waals surface area contributed by atoms with Crippen LogP contribution in [0.15, 0.2) is 97.2 Å². The minimum atomic E-state index is -1.39. The van der Waals surface area contributed by atoms with Gasteiger partial charge in [-0.2, -0.15) is 0 Å². The third kappa shape index (κ3) is 42.2. The number of hydrogen-bond acceptors (Lipinski definition) is 6. The first-order valence-corrected chi connectivity index (χ1v) is 23.6. The Balaban J connectivity index is 4.31. The van der Waals surface area contributed by atoms with E-state index < -0.39 is 24.5 Å². The molecule has 344 valence electrons. The molecule has 0 radical (unpaired) electrons. The molecular weight excluding hydrogens is 765 g/mol. The second kappa shape index (κ2) is 45.3. The van der Waals surface area contributed by atoms with E-state index in [2.05, 4.69) is 122 Å². The zero-order valence-corrected chi connectivity index (χ0v) is 38.1. The van der Waals surface area contributed by atoms with Crippen molar-refractivity contribution in [2.75, 3.05) is 13.2 Å². The van der Waals surface area contributed by atoms with Crippen LogP contribution >= 0.6 is 0 Å².